The summed E-state index contributed by atoms with van der Waals surface area (Å²) in [6.45, 7) is 6.91. The van der Waals surface area contributed by atoms with E-state index in [2.05, 4.69) is 76.9 Å². The van der Waals surface area contributed by atoms with Crippen LogP contribution < -0.4 is 10.6 Å². The lowest BCUT2D eigenvalue weighted by Crippen LogP contribution is -2.05. The Kier molecular flexibility index (Phi) is 5.29. The Balaban J connectivity index is 1.76. The van der Waals surface area contributed by atoms with E-state index in [0.717, 1.165) is 36.1 Å². The normalized spacial score (nSPS) is 10.5. The molecule has 0 bridgehead atoms. The molecule has 3 rings (SSSR count). The molecule has 0 unspecified atom stereocenters. The lowest BCUT2D eigenvalue weighted by Gasteiger charge is -2.13. The van der Waals surface area contributed by atoms with E-state index >= 15 is 0 Å². The van der Waals surface area contributed by atoms with Gasteiger partial charge in [-0.05, 0) is 37.5 Å². The summed E-state index contributed by atoms with van der Waals surface area (Å²) in [5, 5.41) is 6.81. The number of hydrogen-bond donors (Lipinski definition) is 2. The molecule has 0 amide bonds. The number of nitrogens with zero attached hydrogens (tertiary/aromatic N) is 2. The van der Waals surface area contributed by atoms with Crippen LogP contribution in [0.15, 0.2) is 54.6 Å². The summed E-state index contributed by atoms with van der Waals surface area (Å²) >= 11 is 0. The van der Waals surface area contributed by atoms with Crippen LogP contribution in [0.4, 0.5) is 17.3 Å². The van der Waals surface area contributed by atoms with Gasteiger partial charge in [-0.2, -0.15) is 0 Å². The number of benzene rings is 2. The van der Waals surface area contributed by atoms with Crippen molar-refractivity contribution in [2.75, 3.05) is 10.6 Å². The fourth-order valence-corrected chi connectivity index (χ4v) is 2.83. The van der Waals surface area contributed by atoms with E-state index in [0.29, 0.717) is 0 Å². The van der Waals surface area contributed by atoms with E-state index in [9.17, 15) is 0 Å². The SMILES string of the molecule is CCc1ccccc1Nc1cc(NCc2cccc(C)c2)nc(C)n1. The van der Waals surface area contributed by atoms with Crippen molar-refractivity contribution in [2.24, 2.45) is 0 Å². The first-order valence-corrected chi connectivity index (χ1v) is 8.64. The average molecular weight is 332 g/mol. The topological polar surface area (TPSA) is 49.8 Å². The minimum Gasteiger partial charge on any atom is -0.366 e. The van der Waals surface area contributed by atoms with Crippen molar-refractivity contribution in [3.8, 4) is 0 Å². The second-order valence-corrected chi connectivity index (χ2v) is 6.16. The van der Waals surface area contributed by atoms with Crippen LogP contribution in [0, 0.1) is 13.8 Å². The van der Waals surface area contributed by atoms with Crippen LogP contribution in [-0.2, 0) is 13.0 Å². The Labute approximate surface area is 149 Å². The third-order valence-corrected chi connectivity index (χ3v) is 4.06. The first kappa shape index (κ1) is 17.0. The summed E-state index contributed by atoms with van der Waals surface area (Å²) in [5.41, 5.74) is 4.86. The van der Waals surface area contributed by atoms with Gasteiger partial charge in [0.1, 0.15) is 17.5 Å². The van der Waals surface area contributed by atoms with Gasteiger partial charge in [0, 0.05) is 18.3 Å². The zero-order valence-corrected chi connectivity index (χ0v) is 15.0. The number of nitrogens with one attached hydrogen (secondary N) is 2. The molecule has 1 heterocycles. The highest BCUT2D eigenvalue weighted by Crippen LogP contribution is 2.22. The number of para-hydroxylation sites is 1. The molecule has 0 saturated heterocycles. The van der Waals surface area contributed by atoms with Gasteiger partial charge in [-0.15, -0.1) is 0 Å². The van der Waals surface area contributed by atoms with E-state index in [1.807, 2.05) is 19.1 Å². The van der Waals surface area contributed by atoms with E-state index in [1.165, 1.54) is 16.7 Å². The quantitative estimate of drug-likeness (QED) is 0.666. The Bertz CT molecular complexity index is 858. The third-order valence-electron chi connectivity index (χ3n) is 4.06. The maximum absolute atomic E-state index is 4.51. The predicted molar refractivity (Wildman–Crippen MR) is 104 cm³/mol. The molecule has 0 fully saturated rings. The van der Waals surface area contributed by atoms with Crippen LogP contribution >= 0.6 is 0 Å². The molecule has 0 radical (unpaired) electrons. The summed E-state index contributed by atoms with van der Waals surface area (Å²) in [5.74, 6) is 2.37. The van der Waals surface area contributed by atoms with E-state index in [1.54, 1.807) is 0 Å². The zero-order valence-electron chi connectivity index (χ0n) is 15.0. The van der Waals surface area contributed by atoms with Crippen molar-refractivity contribution in [1.82, 2.24) is 9.97 Å². The highest BCUT2D eigenvalue weighted by molar-refractivity contribution is 5.62. The number of aromatic nitrogens is 2. The second-order valence-electron chi connectivity index (χ2n) is 6.16. The average Bonchev–Trinajstić information content (AvgIpc) is 2.60. The minimum atomic E-state index is 0.739. The predicted octanol–water partition coefficient (Wildman–Crippen LogP) is 5.01. The van der Waals surface area contributed by atoms with Crippen LogP contribution in [0.1, 0.15) is 29.4 Å². The molecule has 4 heteroatoms. The fraction of sp³-hybridized carbons (Fsp3) is 0.238. The van der Waals surface area contributed by atoms with Gasteiger partial charge in [0.05, 0.1) is 0 Å². The molecule has 1 aromatic heterocycles. The Hall–Kier alpha value is -2.88. The monoisotopic (exact) mass is 332 g/mol. The lowest BCUT2D eigenvalue weighted by molar-refractivity contribution is 1.02. The smallest absolute Gasteiger partial charge is 0.136 e. The largest absolute Gasteiger partial charge is 0.366 e. The van der Waals surface area contributed by atoms with Gasteiger partial charge in [-0.25, -0.2) is 9.97 Å². The van der Waals surface area contributed by atoms with Gasteiger partial charge in [0.25, 0.3) is 0 Å². The van der Waals surface area contributed by atoms with Gasteiger partial charge in [0.2, 0.25) is 0 Å². The van der Waals surface area contributed by atoms with E-state index < -0.39 is 0 Å². The second kappa shape index (κ2) is 7.79. The molecule has 0 atom stereocenters. The summed E-state index contributed by atoms with van der Waals surface area (Å²) in [6.07, 6.45) is 0.978. The van der Waals surface area contributed by atoms with Crippen molar-refractivity contribution < 1.29 is 0 Å². The fourth-order valence-electron chi connectivity index (χ4n) is 2.83. The van der Waals surface area contributed by atoms with Crippen molar-refractivity contribution in [1.29, 1.82) is 0 Å². The first-order valence-electron chi connectivity index (χ1n) is 8.64. The van der Waals surface area contributed by atoms with Gasteiger partial charge >= 0.3 is 0 Å². The Morgan fingerprint density at radius 3 is 2.48 bits per heavy atom. The lowest BCUT2D eigenvalue weighted by atomic mass is 10.1. The molecule has 0 aliphatic rings. The maximum atomic E-state index is 4.51. The Morgan fingerprint density at radius 1 is 0.880 bits per heavy atom. The molecule has 0 saturated carbocycles. The summed E-state index contributed by atoms with van der Waals surface area (Å²) in [6, 6.07) is 18.7. The molecule has 2 aromatic carbocycles. The standard InChI is InChI=1S/C21H24N4/c1-4-18-10-5-6-11-19(18)25-21-13-20(23-16(3)24-21)22-14-17-9-7-8-15(2)12-17/h5-13H,4,14H2,1-3H3,(H2,22,23,24,25). The van der Waals surface area contributed by atoms with Crippen molar-refractivity contribution in [3.63, 3.8) is 0 Å². The minimum absolute atomic E-state index is 0.739. The zero-order chi connectivity index (χ0) is 17.6. The highest BCUT2D eigenvalue weighted by Gasteiger charge is 2.05. The molecule has 0 aliphatic heterocycles. The summed E-state index contributed by atoms with van der Waals surface area (Å²) < 4.78 is 0. The molecule has 25 heavy (non-hydrogen) atoms. The first-order chi connectivity index (χ1) is 12.1. The molecular weight excluding hydrogens is 308 g/mol. The van der Waals surface area contributed by atoms with Crippen molar-refractivity contribution >= 4 is 17.3 Å². The van der Waals surface area contributed by atoms with Crippen LogP contribution in [0.25, 0.3) is 0 Å². The van der Waals surface area contributed by atoms with Crippen molar-refractivity contribution in [2.45, 2.75) is 33.7 Å². The molecular formula is C21H24N4. The number of hydrogen-bond acceptors (Lipinski definition) is 4. The van der Waals surface area contributed by atoms with Crippen LogP contribution in [0.2, 0.25) is 0 Å². The number of aryl methyl sites for hydroxylation is 3. The molecule has 0 spiro atoms. The summed E-state index contributed by atoms with van der Waals surface area (Å²) in [7, 11) is 0. The van der Waals surface area contributed by atoms with Gasteiger partial charge in [0.15, 0.2) is 0 Å². The molecule has 4 nitrogen and oxygen atoms in total. The van der Waals surface area contributed by atoms with E-state index in [4.69, 9.17) is 0 Å². The third kappa shape index (κ3) is 4.57. The van der Waals surface area contributed by atoms with Crippen LogP contribution in [0.5, 0.6) is 0 Å². The van der Waals surface area contributed by atoms with Crippen LogP contribution in [0.3, 0.4) is 0 Å². The number of rotatable bonds is 6. The van der Waals surface area contributed by atoms with Gasteiger partial charge in [-0.3, -0.25) is 0 Å². The van der Waals surface area contributed by atoms with Crippen LogP contribution in [-0.4, -0.2) is 9.97 Å². The van der Waals surface area contributed by atoms with Crippen molar-refractivity contribution in [3.05, 3.63) is 77.1 Å². The molecule has 2 N–H and O–H groups in total. The maximum Gasteiger partial charge on any atom is 0.136 e. The highest BCUT2D eigenvalue weighted by atomic mass is 15.1. The molecule has 128 valence electrons. The summed E-state index contributed by atoms with van der Waals surface area (Å²) in [4.78, 5) is 9.00. The number of anilines is 3. The van der Waals surface area contributed by atoms with Gasteiger partial charge < -0.3 is 10.6 Å². The van der Waals surface area contributed by atoms with E-state index in [-0.39, 0.29) is 0 Å². The Morgan fingerprint density at radius 2 is 1.68 bits per heavy atom. The molecule has 3 aromatic rings. The van der Waals surface area contributed by atoms with Gasteiger partial charge in [-0.1, -0.05) is 55.0 Å². The molecule has 0 aliphatic carbocycles.